The molecule has 0 saturated carbocycles. The van der Waals surface area contributed by atoms with E-state index in [1.807, 2.05) is 12.1 Å². The van der Waals surface area contributed by atoms with E-state index in [0.717, 1.165) is 37.9 Å². The molecule has 19 heavy (non-hydrogen) atoms. The van der Waals surface area contributed by atoms with E-state index in [4.69, 9.17) is 10.8 Å². The van der Waals surface area contributed by atoms with Gasteiger partial charge in [-0.15, -0.1) is 0 Å². The molecule has 1 aromatic rings. The third-order valence-electron chi connectivity index (χ3n) is 3.08. The van der Waals surface area contributed by atoms with E-state index in [0.29, 0.717) is 6.04 Å². The van der Waals surface area contributed by atoms with Gasteiger partial charge in [0.1, 0.15) is 0 Å². The van der Waals surface area contributed by atoms with E-state index in [1.165, 1.54) is 5.56 Å². The minimum absolute atomic E-state index is 0.279. The number of nitrogen functional groups attached to an aromatic ring is 1. The van der Waals surface area contributed by atoms with Gasteiger partial charge in [-0.05, 0) is 50.4 Å². The Balaban J connectivity index is 2.09. The summed E-state index contributed by atoms with van der Waals surface area (Å²) >= 11 is 0. The van der Waals surface area contributed by atoms with Gasteiger partial charge in [-0.2, -0.15) is 0 Å². The average molecular weight is 264 g/mol. The van der Waals surface area contributed by atoms with Gasteiger partial charge in [0.15, 0.2) is 0 Å². The number of carboxylic acids is 1. The van der Waals surface area contributed by atoms with Crippen LogP contribution in [0.5, 0.6) is 0 Å². The third-order valence-corrected chi connectivity index (χ3v) is 3.08. The molecule has 1 aromatic carbocycles. The summed E-state index contributed by atoms with van der Waals surface area (Å²) in [4.78, 5) is 10.3. The van der Waals surface area contributed by atoms with Crippen molar-refractivity contribution in [3.8, 4) is 0 Å². The lowest BCUT2D eigenvalue weighted by molar-refractivity contribution is -0.137. The van der Waals surface area contributed by atoms with E-state index < -0.39 is 5.97 Å². The maximum Gasteiger partial charge on any atom is 0.303 e. The summed E-state index contributed by atoms with van der Waals surface area (Å²) in [6.07, 6.45) is 4.02. The van der Waals surface area contributed by atoms with Gasteiger partial charge in [0.2, 0.25) is 0 Å². The first kappa shape index (κ1) is 15.5. The number of nitrogens with one attached hydrogen (secondary N) is 1. The van der Waals surface area contributed by atoms with Crippen molar-refractivity contribution in [3.63, 3.8) is 0 Å². The molecule has 106 valence electrons. The highest BCUT2D eigenvalue weighted by Gasteiger charge is 2.03. The van der Waals surface area contributed by atoms with Crippen LogP contribution in [0.25, 0.3) is 0 Å². The average Bonchev–Trinajstić information content (AvgIpc) is 2.36. The van der Waals surface area contributed by atoms with E-state index >= 15 is 0 Å². The molecule has 0 saturated heterocycles. The molecule has 0 aliphatic rings. The van der Waals surface area contributed by atoms with Crippen LogP contribution < -0.4 is 11.1 Å². The largest absolute Gasteiger partial charge is 0.481 e. The smallest absolute Gasteiger partial charge is 0.303 e. The monoisotopic (exact) mass is 264 g/mol. The predicted molar refractivity (Wildman–Crippen MR) is 78.1 cm³/mol. The molecule has 1 rings (SSSR count). The highest BCUT2D eigenvalue weighted by atomic mass is 16.4. The van der Waals surface area contributed by atoms with Crippen LogP contribution in [0.4, 0.5) is 5.69 Å². The summed E-state index contributed by atoms with van der Waals surface area (Å²) in [6.45, 7) is 3.10. The third kappa shape index (κ3) is 7.47. The molecule has 4 heteroatoms. The lowest BCUT2D eigenvalue weighted by Crippen LogP contribution is -2.28. The molecule has 0 fully saturated rings. The minimum atomic E-state index is -0.704. The molecule has 0 amide bonds. The maximum absolute atomic E-state index is 10.3. The first-order valence-electron chi connectivity index (χ1n) is 6.87. The SMILES string of the molecule is CC(Cc1ccc(N)cc1)NCCCCCC(=O)O. The van der Waals surface area contributed by atoms with Gasteiger partial charge >= 0.3 is 5.97 Å². The van der Waals surface area contributed by atoms with Crippen LogP contribution in [0.15, 0.2) is 24.3 Å². The van der Waals surface area contributed by atoms with Crippen molar-refractivity contribution < 1.29 is 9.90 Å². The highest BCUT2D eigenvalue weighted by molar-refractivity contribution is 5.66. The van der Waals surface area contributed by atoms with E-state index in [1.54, 1.807) is 0 Å². The molecule has 4 N–H and O–H groups in total. The van der Waals surface area contributed by atoms with E-state index in [9.17, 15) is 4.79 Å². The zero-order valence-corrected chi connectivity index (χ0v) is 11.6. The topological polar surface area (TPSA) is 75.3 Å². The van der Waals surface area contributed by atoms with Gasteiger partial charge in [-0.1, -0.05) is 18.6 Å². The summed E-state index contributed by atoms with van der Waals surface area (Å²) in [6, 6.07) is 8.38. The van der Waals surface area contributed by atoms with Crippen LogP contribution >= 0.6 is 0 Å². The summed E-state index contributed by atoms with van der Waals surface area (Å²) < 4.78 is 0. The molecular weight excluding hydrogens is 240 g/mol. The lowest BCUT2D eigenvalue weighted by atomic mass is 10.1. The van der Waals surface area contributed by atoms with E-state index in [2.05, 4.69) is 24.4 Å². The first-order valence-corrected chi connectivity index (χ1v) is 6.87. The van der Waals surface area contributed by atoms with Crippen LogP contribution in [0, 0.1) is 0 Å². The molecule has 0 bridgehead atoms. The molecule has 0 aromatic heterocycles. The van der Waals surface area contributed by atoms with Crippen LogP contribution in [0.1, 0.15) is 38.2 Å². The van der Waals surface area contributed by atoms with Gasteiger partial charge < -0.3 is 16.2 Å². The number of carbonyl (C=O) groups is 1. The number of carboxylic acid groups (broad SMARTS) is 1. The fraction of sp³-hybridized carbons (Fsp3) is 0.533. The van der Waals surface area contributed by atoms with Crippen LogP contribution in [-0.2, 0) is 11.2 Å². The Bertz CT molecular complexity index is 376. The van der Waals surface area contributed by atoms with Crippen molar-refractivity contribution >= 4 is 11.7 Å². The first-order chi connectivity index (χ1) is 9.08. The number of anilines is 1. The van der Waals surface area contributed by atoms with Gasteiger partial charge in [-0.25, -0.2) is 0 Å². The molecule has 0 heterocycles. The number of unbranched alkanes of at least 4 members (excludes halogenated alkanes) is 2. The van der Waals surface area contributed by atoms with Crippen molar-refractivity contribution in [1.29, 1.82) is 0 Å². The second-order valence-corrected chi connectivity index (χ2v) is 5.01. The Morgan fingerprint density at radius 3 is 2.58 bits per heavy atom. The van der Waals surface area contributed by atoms with Crippen molar-refractivity contribution in [1.82, 2.24) is 5.32 Å². The van der Waals surface area contributed by atoms with Gasteiger partial charge in [-0.3, -0.25) is 4.79 Å². The normalized spacial score (nSPS) is 12.3. The summed E-state index contributed by atoms with van der Waals surface area (Å²) in [5, 5.41) is 12.0. The Morgan fingerprint density at radius 1 is 1.26 bits per heavy atom. The van der Waals surface area contributed by atoms with Crippen LogP contribution in [0.2, 0.25) is 0 Å². The summed E-state index contributed by atoms with van der Waals surface area (Å²) in [7, 11) is 0. The fourth-order valence-corrected chi connectivity index (χ4v) is 2.01. The maximum atomic E-state index is 10.3. The Labute approximate surface area is 115 Å². The molecule has 0 aliphatic carbocycles. The number of aliphatic carboxylic acids is 1. The van der Waals surface area contributed by atoms with Crippen molar-refractivity contribution in [2.45, 2.75) is 45.1 Å². The van der Waals surface area contributed by atoms with Crippen molar-refractivity contribution in [3.05, 3.63) is 29.8 Å². The molecule has 1 unspecified atom stereocenters. The fourth-order valence-electron chi connectivity index (χ4n) is 2.01. The molecule has 0 aliphatic heterocycles. The van der Waals surface area contributed by atoms with E-state index in [-0.39, 0.29) is 6.42 Å². The van der Waals surface area contributed by atoms with Crippen LogP contribution in [-0.4, -0.2) is 23.7 Å². The van der Waals surface area contributed by atoms with Gasteiger partial charge in [0.05, 0.1) is 0 Å². The van der Waals surface area contributed by atoms with Gasteiger partial charge in [0, 0.05) is 18.2 Å². The molecule has 0 spiro atoms. The summed E-state index contributed by atoms with van der Waals surface area (Å²) in [5.41, 5.74) is 7.72. The molecule has 1 atom stereocenters. The highest BCUT2D eigenvalue weighted by Crippen LogP contribution is 2.08. The zero-order chi connectivity index (χ0) is 14.1. The quantitative estimate of drug-likeness (QED) is 0.473. The number of nitrogens with two attached hydrogens (primary N) is 1. The second-order valence-electron chi connectivity index (χ2n) is 5.01. The Morgan fingerprint density at radius 2 is 1.95 bits per heavy atom. The minimum Gasteiger partial charge on any atom is -0.481 e. The standard InChI is InChI=1S/C15H24N2O2/c1-12(11-13-6-8-14(16)9-7-13)17-10-4-2-3-5-15(18)19/h6-9,12,17H,2-5,10-11,16H2,1H3,(H,18,19). The summed E-state index contributed by atoms with van der Waals surface area (Å²) in [5.74, 6) is -0.704. The van der Waals surface area contributed by atoms with Crippen LogP contribution in [0.3, 0.4) is 0 Å². The molecule has 0 radical (unpaired) electrons. The predicted octanol–water partition coefficient (Wildman–Crippen LogP) is 2.43. The number of hydrogen-bond acceptors (Lipinski definition) is 3. The van der Waals surface area contributed by atoms with Crippen molar-refractivity contribution in [2.24, 2.45) is 0 Å². The number of benzene rings is 1. The van der Waals surface area contributed by atoms with Crippen molar-refractivity contribution in [2.75, 3.05) is 12.3 Å². The van der Waals surface area contributed by atoms with Gasteiger partial charge in [0.25, 0.3) is 0 Å². The Kier molecular flexibility index (Phi) is 6.97. The molecular formula is C15H24N2O2. The molecule has 4 nitrogen and oxygen atoms in total. The second kappa shape index (κ2) is 8.53. The lowest BCUT2D eigenvalue weighted by Gasteiger charge is -2.13. The Hall–Kier alpha value is -1.55. The number of rotatable bonds is 9. The zero-order valence-electron chi connectivity index (χ0n) is 11.6. The number of hydrogen-bond donors (Lipinski definition) is 3.